The van der Waals surface area contributed by atoms with Crippen molar-refractivity contribution in [2.45, 2.75) is 26.2 Å². The van der Waals surface area contributed by atoms with Crippen LogP contribution in [0.1, 0.15) is 26.2 Å². The summed E-state index contributed by atoms with van der Waals surface area (Å²) in [6.45, 7) is 2.23. The molecule has 0 heterocycles. The first kappa shape index (κ1) is 18.4. The highest BCUT2D eigenvalue weighted by atomic mass is 35.5. The zero-order valence-electron chi connectivity index (χ0n) is 12.4. The summed E-state index contributed by atoms with van der Waals surface area (Å²) >= 11 is 5.62. The molecule has 0 spiro atoms. The van der Waals surface area contributed by atoms with Crippen molar-refractivity contribution in [3.8, 4) is 0 Å². The topological polar surface area (TPSA) is 69.6 Å². The molecule has 0 saturated carbocycles. The summed E-state index contributed by atoms with van der Waals surface area (Å²) in [6, 6.07) is 3.75. The Hall–Kier alpha value is -1.66. The Kier molecular flexibility index (Phi) is 7.84. The lowest BCUT2D eigenvalue weighted by molar-refractivity contribution is -0.143. The second-order valence-electron chi connectivity index (χ2n) is 4.80. The van der Waals surface area contributed by atoms with Gasteiger partial charge in [0.15, 0.2) is 0 Å². The van der Waals surface area contributed by atoms with Gasteiger partial charge >= 0.3 is 11.8 Å². The first-order chi connectivity index (χ1) is 10.5. The number of aliphatic hydroxyl groups is 1. The van der Waals surface area contributed by atoms with Crippen LogP contribution in [0.3, 0.4) is 0 Å². The molecule has 0 aromatic heterocycles. The lowest BCUT2D eigenvalue weighted by Gasteiger charge is -2.21. The monoisotopic (exact) mass is 330 g/mol. The molecule has 0 saturated heterocycles. The van der Waals surface area contributed by atoms with E-state index in [0.717, 1.165) is 25.3 Å². The highest BCUT2D eigenvalue weighted by molar-refractivity contribution is 6.39. The second-order valence-corrected chi connectivity index (χ2v) is 5.24. The summed E-state index contributed by atoms with van der Waals surface area (Å²) in [5.74, 6) is -2.45. The molecule has 22 heavy (non-hydrogen) atoms. The Balaban J connectivity index is 2.69. The maximum Gasteiger partial charge on any atom is 0.313 e. The van der Waals surface area contributed by atoms with Crippen molar-refractivity contribution >= 4 is 29.1 Å². The molecule has 122 valence electrons. The Bertz CT molecular complexity index is 526. The summed E-state index contributed by atoms with van der Waals surface area (Å²) in [7, 11) is 0. The third-order valence-corrected chi connectivity index (χ3v) is 3.30. The molecular formula is C15H20ClFN2O3. The molecule has 2 N–H and O–H groups in total. The van der Waals surface area contributed by atoms with Gasteiger partial charge in [-0.05, 0) is 24.6 Å². The number of hydrogen-bond donors (Lipinski definition) is 2. The summed E-state index contributed by atoms with van der Waals surface area (Å²) in [5, 5.41) is 11.4. The smallest absolute Gasteiger partial charge is 0.313 e. The van der Waals surface area contributed by atoms with E-state index in [1.807, 2.05) is 6.92 Å². The third-order valence-electron chi connectivity index (χ3n) is 3.06. The van der Waals surface area contributed by atoms with Gasteiger partial charge in [0, 0.05) is 18.1 Å². The maximum atomic E-state index is 13.6. The fraction of sp³-hybridized carbons (Fsp3) is 0.467. The molecule has 0 fully saturated rings. The summed E-state index contributed by atoms with van der Waals surface area (Å²) in [4.78, 5) is 25.2. The van der Waals surface area contributed by atoms with Crippen molar-refractivity contribution < 1.29 is 19.1 Å². The molecule has 0 unspecified atom stereocenters. The SMILES string of the molecule is CCCCCN(CCO)C(=O)C(=O)Nc1ccc(Cl)cc1F. The highest BCUT2D eigenvalue weighted by Gasteiger charge is 2.22. The van der Waals surface area contributed by atoms with Crippen LogP contribution in [0.15, 0.2) is 18.2 Å². The van der Waals surface area contributed by atoms with E-state index in [1.54, 1.807) is 0 Å². The first-order valence-electron chi connectivity index (χ1n) is 7.15. The van der Waals surface area contributed by atoms with Crippen LogP contribution >= 0.6 is 11.6 Å². The molecule has 1 aromatic carbocycles. The fourth-order valence-electron chi connectivity index (χ4n) is 1.90. The largest absolute Gasteiger partial charge is 0.395 e. The molecule has 0 aliphatic rings. The van der Waals surface area contributed by atoms with Gasteiger partial charge in [0.05, 0.1) is 12.3 Å². The number of aliphatic hydroxyl groups excluding tert-OH is 1. The standard InChI is InChI=1S/C15H20ClFN2O3/c1-2-3-4-7-19(8-9-20)15(22)14(21)18-13-6-5-11(16)10-12(13)17/h5-6,10,20H,2-4,7-9H2,1H3,(H,18,21). The van der Waals surface area contributed by atoms with Gasteiger partial charge in [0.2, 0.25) is 0 Å². The summed E-state index contributed by atoms with van der Waals surface area (Å²) in [6.07, 6.45) is 2.64. The zero-order valence-corrected chi connectivity index (χ0v) is 13.2. The summed E-state index contributed by atoms with van der Waals surface area (Å²) < 4.78 is 13.6. The number of benzene rings is 1. The Morgan fingerprint density at radius 2 is 2.05 bits per heavy atom. The maximum absolute atomic E-state index is 13.6. The predicted molar refractivity (Wildman–Crippen MR) is 83.2 cm³/mol. The van der Waals surface area contributed by atoms with E-state index in [0.29, 0.717) is 6.54 Å². The van der Waals surface area contributed by atoms with E-state index in [1.165, 1.54) is 17.0 Å². The lowest BCUT2D eigenvalue weighted by atomic mass is 10.2. The van der Waals surface area contributed by atoms with Crippen LogP contribution in [0, 0.1) is 5.82 Å². The highest BCUT2D eigenvalue weighted by Crippen LogP contribution is 2.18. The minimum atomic E-state index is -0.939. The molecule has 5 nitrogen and oxygen atoms in total. The molecule has 0 radical (unpaired) electrons. The average molecular weight is 331 g/mol. The number of carbonyl (C=O) groups excluding carboxylic acids is 2. The summed E-state index contributed by atoms with van der Waals surface area (Å²) in [5.41, 5.74) is -0.111. The van der Waals surface area contributed by atoms with Gasteiger partial charge < -0.3 is 15.3 Å². The number of anilines is 1. The van der Waals surface area contributed by atoms with Crippen molar-refractivity contribution in [3.05, 3.63) is 29.0 Å². The van der Waals surface area contributed by atoms with Crippen LogP contribution in [-0.4, -0.2) is 41.5 Å². The van der Waals surface area contributed by atoms with E-state index in [-0.39, 0.29) is 23.9 Å². The minimum Gasteiger partial charge on any atom is -0.395 e. The lowest BCUT2D eigenvalue weighted by Crippen LogP contribution is -2.41. The number of amides is 2. The number of nitrogens with zero attached hydrogens (tertiary/aromatic N) is 1. The number of unbranched alkanes of at least 4 members (excludes halogenated alkanes) is 2. The Morgan fingerprint density at radius 1 is 1.32 bits per heavy atom. The first-order valence-corrected chi connectivity index (χ1v) is 7.53. The number of rotatable bonds is 7. The number of nitrogens with one attached hydrogen (secondary N) is 1. The van der Waals surface area contributed by atoms with E-state index >= 15 is 0 Å². The van der Waals surface area contributed by atoms with E-state index in [4.69, 9.17) is 16.7 Å². The molecule has 1 aromatic rings. The van der Waals surface area contributed by atoms with Crippen LogP contribution in [-0.2, 0) is 9.59 Å². The molecule has 2 amide bonds. The molecule has 0 aliphatic carbocycles. The Labute approximate surface area is 134 Å². The molecule has 0 aliphatic heterocycles. The van der Waals surface area contributed by atoms with Crippen LogP contribution in [0.4, 0.5) is 10.1 Å². The van der Waals surface area contributed by atoms with Gasteiger partial charge in [-0.15, -0.1) is 0 Å². The molecule has 1 rings (SSSR count). The van der Waals surface area contributed by atoms with Gasteiger partial charge in [-0.3, -0.25) is 9.59 Å². The van der Waals surface area contributed by atoms with Crippen molar-refractivity contribution in [1.82, 2.24) is 4.90 Å². The Morgan fingerprint density at radius 3 is 2.64 bits per heavy atom. The molecule has 0 atom stereocenters. The quantitative estimate of drug-likeness (QED) is 0.596. The normalized spacial score (nSPS) is 10.4. The molecular weight excluding hydrogens is 311 g/mol. The molecule has 0 bridgehead atoms. The van der Waals surface area contributed by atoms with Gasteiger partial charge in [-0.1, -0.05) is 31.4 Å². The fourth-order valence-corrected chi connectivity index (χ4v) is 2.06. The predicted octanol–water partition coefficient (Wildman–Crippen LogP) is 2.43. The van der Waals surface area contributed by atoms with E-state index < -0.39 is 17.6 Å². The van der Waals surface area contributed by atoms with Crippen LogP contribution in [0.2, 0.25) is 5.02 Å². The number of halogens is 2. The van der Waals surface area contributed by atoms with E-state index in [2.05, 4.69) is 5.32 Å². The van der Waals surface area contributed by atoms with Gasteiger partial charge in [-0.2, -0.15) is 0 Å². The van der Waals surface area contributed by atoms with Crippen molar-refractivity contribution in [1.29, 1.82) is 0 Å². The van der Waals surface area contributed by atoms with Crippen LogP contribution in [0.25, 0.3) is 0 Å². The zero-order chi connectivity index (χ0) is 16.5. The van der Waals surface area contributed by atoms with Crippen molar-refractivity contribution in [2.24, 2.45) is 0 Å². The molecule has 7 heteroatoms. The van der Waals surface area contributed by atoms with Gasteiger partial charge in [0.1, 0.15) is 5.82 Å². The van der Waals surface area contributed by atoms with Crippen LogP contribution in [0.5, 0.6) is 0 Å². The van der Waals surface area contributed by atoms with Gasteiger partial charge in [-0.25, -0.2) is 4.39 Å². The minimum absolute atomic E-state index is 0.0685. The van der Waals surface area contributed by atoms with Crippen molar-refractivity contribution in [3.63, 3.8) is 0 Å². The van der Waals surface area contributed by atoms with Gasteiger partial charge in [0.25, 0.3) is 0 Å². The number of carbonyl (C=O) groups is 2. The van der Waals surface area contributed by atoms with E-state index in [9.17, 15) is 14.0 Å². The van der Waals surface area contributed by atoms with Crippen molar-refractivity contribution in [2.75, 3.05) is 25.0 Å². The van der Waals surface area contributed by atoms with Crippen LogP contribution < -0.4 is 5.32 Å². The second kappa shape index (κ2) is 9.38. The number of hydrogen-bond acceptors (Lipinski definition) is 3. The average Bonchev–Trinajstić information content (AvgIpc) is 2.48. The third kappa shape index (κ3) is 5.61.